The quantitative estimate of drug-likeness (QED) is 0.658. The zero-order chi connectivity index (χ0) is 13.9. The summed E-state index contributed by atoms with van der Waals surface area (Å²) in [6, 6.07) is 5.36. The van der Waals surface area contributed by atoms with Gasteiger partial charge in [0.05, 0.1) is 11.0 Å². The van der Waals surface area contributed by atoms with Gasteiger partial charge in [0.2, 0.25) is 15.8 Å². The minimum absolute atomic E-state index is 0.137. The van der Waals surface area contributed by atoms with E-state index < -0.39 is 21.4 Å². The number of hydrogen-bond donors (Lipinski definition) is 1. The summed E-state index contributed by atoms with van der Waals surface area (Å²) in [5.74, 6) is -0.504. The third-order valence-electron chi connectivity index (χ3n) is 2.04. The minimum atomic E-state index is -3.84. The number of nitrogens with two attached hydrogens (primary N) is 1. The Bertz CT molecular complexity index is 542. The molecule has 0 amide bonds. The van der Waals surface area contributed by atoms with Crippen LogP contribution in [0.3, 0.4) is 0 Å². The van der Waals surface area contributed by atoms with Crippen LogP contribution in [-0.4, -0.2) is 25.9 Å². The van der Waals surface area contributed by atoms with Gasteiger partial charge in [-0.2, -0.15) is 0 Å². The SMILES string of the molecule is CC(C)OC(Cl)C(=O)c1cccc(S(N)(=O)=O)c1. The van der Waals surface area contributed by atoms with Crippen molar-refractivity contribution in [1.29, 1.82) is 0 Å². The van der Waals surface area contributed by atoms with E-state index in [2.05, 4.69) is 0 Å². The maximum atomic E-state index is 11.9. The normalized spacial score (nSPS) is 13.6. The van der Waals surface area contributed by atoms with Crippen LogP contribution < -0.4 is 5.14 Å². The third kappa shape index (κ3) is 4.06. The van der Waals surface area contributed by atoms with Gasteiger partial charge in [0, 0.05) is 5.56 Å². The summed E-state index contributed by atoms with van der Waals surface area (Å²) in [6.07, 6.45) is -0.210. The van der Waals surface area contributed by atoms with Crippen molar-refractivity contribution in [1.82, 2.24) is 0 Å². The zero-order valence-corrected chi connectivity index (χ0v) is 11.5. The number of benzene rings is 1. The molecule has 0 aliphatic carbocycles. The fraction of sp³-hybridized carbons (Fsp3) is 0.364. The van der Waals surface area contributed by atoms with Gasteiger partial charge in [-0.25, -0.2) is 13.6 Å². The fourth-order valence-electron chi connectivity index (χ4n) is 1.26. The van der Waals surface area contributed by atoms with Gasteiger partial charge in [0.25, 0.3) is 0 Å². The number of hydrogen-bond acceptors (Lipinski definition) is 4. The highest BCUT2D eigenvalue weighted by molar-refractivity contribution is 7.89. The maximum Gasteiger partial charge on any atom is 0.238 e. The average Bonchev–Trinajstić information content (AvgIpc) is 2.26. The molecule has 1 rings (SSSR count). The molecule has 0 heterocycles. The minimum Gasteiger partial charge on any atom is -0.352 e. The van der Waals surface area contributed by atoms with Crippen LogP contribution in [0.5, 0.6) is 0 Å². The first-order valence-corrected chi connectivity index (χ1v) is 7.16. The van der Waals surface area contributed by atoms with E-state index in [1.807, 2.05) is 0 Å². The molecule has 18 heavy (non-hydrogen) atoms. The van der Waals surface area contributed by atoms with Crippen LogP contribution in [0.1, 0.15) is 24.2 Å². The number of Topliss-reactive ketones (excluding diaryl/α,β-unsaturated/α-hetero) is 1. The largest absolute Gasteiger partial charge is 0.352 e. The van der Waals surface area contributed by atoms with Gasteiger partial charge in [-0.05, 0) is 26.0 Å². The number of primary sulfonamides is 1. The van der Waals surface area contributed by atoms with Crippen molar-refractivity contribution in [2.45, 2.75) is 30.4 Å². The highest BCUT2D eigenvalue weighted by Crippen LogP contribution is 2.15. The summed E-state index contributed by atoms with van der Waals surface area (Å²) in [4.78, 5) is 11.7. The van der Waals surface area contributed by atoms with Crippen LogP contribution in [0.15, 0.2) is 29.2 Å². The molecule has 0 aliphatic rings. The summed E-state index contributed by atoms with van der Waals surface area (Å²) >= 11 is 5.77. The van der Waals surface area contributed by atoms with E-state index in [4.69, 9.17) is 21.5 Å². The predicted molar refractivity (Wildman–Crippen MR) is 68.0 cm³/mol. The van der Waals surface area contributed by atoms with Crippen molar-refractivity contribution in [3.8, 4) is 0 Å². The third-order valence-corrected chi connectivity index (χ3v) is 3.26. The number of sulfonamides is 1. The molecule has 2 N–H and O–H groups in total. The van der Waals surface area contributed by atoms with E-state index in [-0.39, 0.29) is 16.6 Å². The fourth-order valence-corrected chi connectivity index (χ4v) is 2.15. The van der Waals surface area contributed by atoms with Gasteiger partial charge in [0.1, 0.15) is 0 Å². The summed E-state index contributed by atoms with van der Waals surface area (Å²) in [5.41, 5.74) is -1.01. The van der Waals surface area contributed by atoms with Crippen molar-refractivity contribution < 1.29 is 17.9 Å². The Labute approximate surface area is 111 Å². The molecule has 0 saturated carbocycles. The van der Waals surface area contributed by atoms with Gasteiger partial charge in [-0.1, -0.05) is 23.7 Å². The lowest BCUT2D eigenvalue weighted by Gasteiger charge is -2.13. The number of carbonyl (C=O) groups is 1. The predicted octanol–water partition coefficient (Wildman–Crippen LogP) is 1.51. The highest BCUT2D eigenvalue weighted by atomic mass is 35.5. The molecule has 100 valence electrons. The van der Waals surface area contributed by atoms with Crippen LogP contribution in [0.25, 0.3) is 0 Å². The molecule has 0 spiro atoms. The maximum absolute atomic E-state index is 11.9. The average molecular weight is 292 g/mol. The molecule has 0 aromatic heterocycles. The molecular formula is C11H14ClNO4S. The molecule has 0 radical (unpaired) electrons. The Morgan fingerprint density at radius 1 is 1.39 bits per heavy atom. The number of rotatable bonds is 5. The number of halogens is 1. The molecule has 0 aliphatic heterocycles. The number of carbonyl (C=O) groups excluding carboxylic acids is 1. The summed E-state index contributed by atoms with van der Waals surface area (Å²) < 4.78 is 27.4. The second-order valence-corrected chi connectivity index (χ2v) is 5.90. The van der Waals surface area contributed by atoms with E-state index >= 15 is 0 Å². The summed E-state index contributed by atoms with van der Waals surface area (Å²) in [6.45, 7) is 3.48. The van der Waals surface area contributed by atoms with E-state index in [1.165, 1.54) is 24.3 Å². The van der Waals surface area contributed by atoms with Gasteiger partial charge in [0.15, 0.2) is 5.56 Å². The summed E-state index contributed by atoms with van der Waals surface area (Å²) in [7, 11) is -3.84. The van der Waals surface area contributed by atoms with Crippen molar-refractivity contribution >= 4 is 27.4 Å². The van der Waals surface area contributed by atoms with Crippen molar-refractivity contribution in [3.63, 3.8) is 0 Å². The molecule has 5 nitrogen and oxygen atoms in total. The van der Waals surface area contributed by atoms with Crippen molar-refractivity contribution in [3.05, 3.63) is 29.8 Å². The van der Waals surface area contributed by atoms with Gasteiger partial charge >= 0.3 is 0 Å². The van der Waals surface area contributed by atoms with Crippen LogP contribution >= 0.6 is 11.6 Å². The first kappa shape index (κ1) is 15.1. The summed E-state index contributed by atoms with van der Waals surface area (Å²) in [5, 5.41) is 4.98. The molecule has 0 bridgehead atoms. The second kappa shape index (κ2) is 5.79. The van der Waals surface area contributed by atoms with Crippen LogP contribution in [0.2, 0.25) is 0 Å². The van der Waals surface area contributed by atoms with Crippen molar-refractivity contribution in [2.75, 3.05) is 0 Å². The van der Waals surface area contributed by atoms with Crippen molar-refractivity contribution in [2.24, 2.45) is 5.14 Å². The zero-order valence-electron chi connectivity index (χ0n) is 9.96. The van der Waals surface area contributed by atoms with Gasteiger partial charge in [-0.3, -0.25) is 4.79 Å². The molecule has 0 saturated heterocycles. The lowest BCUT2D eigenvalue weighted by atomic mass is 10.1. The van der Waals surface area contributed by atoms with Crippen LogP contribution in [-0.2, 0) is 14.8 Å². The molecular weight excluding hydrogens is 278 g/mol. The highest BCUT2D eigenvalue weighted by Gasteiger charge is 2.20. The number of alkyl halides is 1. The van der Waals surface area contributed by atoms with E-state index in [1.54, 1.807) is 13.8 Å². The first-order valence-electron chi connectivity index (χ1n) is 5.18. The Hall–Kier alpha value is -0.950. The second-order valence-electron chi connectivity index (χ2n) is 3.94. The van der Waals surface area contributed by atoms with E-state index in [0.717, 1.165) is 0 Å². The number of ketones is 1. The molecule has 0 fully saturated rings. The monoisotopic (exact) mass is 291 g/mol. The molecule has 1 atom stereocenters. The van der Waals surface area contributed by atoms with Gasteiger partial charge < -0.3 is 4.74 Å². The van der Waals surface area contributed by atoms with Crippen LogP contribution in [0.4, 0.5) is 0 Å². The topological polar surface area (TPSA) is 86.5 Å². The lowest BCUT2D eigenvalue weighted by molar-refractivity contribution is 0.0436. The van der Waals surface area contributed by atoms with E-state index in [0.29, 0.717) is 0 Å². The lowest BCUT2D eigenvalue weighted by Crippen LogP contribution is -2.22. The Balaban J connectivity index is 3.01. The Morgan fingerprint density at radius 2 is 2.00 bits per heavy atom. The van der Waals surface area contributed by atoms with E-state index in [9.17, 15) is 13.2 Å². The molecule has 1 aromatic carbocycles. The first-order chi connectivity index (χ1) is 8.21. The molecule has 1 aromatic rings. The Morgan fingerprint density at radius 3 is 2.50 bits per heavy atom. The standard InChI is InChI=1S/C11H14ClNO4S/c1-7(2)17-11(12)10(14)8-4-3-5-9(6-8)18(13,15)16/h3-7,11H,1-2H3,(H2,13,15,16). The van der Waals surface area contributed by atoms with Crippen LogP contribution in [0, 0.1) is 0 Å². The Kier molecular flexibility index (Phi) is 4.86. The number of ether oxygens (including phenoxy) is 1. The van der Waals surface area contributed by atoms with Gasteiger partial charge in [-0.15, -0.1) is 0 Å². The smallest absolute Gasteiger partial charge is 0.238 e. The molecule has 7 heteroatoms. The molecule has 1 unspecified atom stereocenters.